The Kier molecular flexibility index (Phi) is 5.40. The fourth-order valence-electron chi connectivity index (χ4n) is 6.75. The van der Waals surface area contributed by atoms with Crippen LogP contribution in [0.4, 0.5) is 19.0 Å². The lowest BCUT2D eigenvalue weighted by molar-refractivity contribution is -0.148. The molecule has 4 bridgehead atoms. The molecule has 5 fully saturated rings. The van der Waals surface area contributed by atoms with Crippen LogP contribution < -0.4 is 10.2 Å². The Morgan fingerprint density at radius 1 is 1.16 bits per heavy atom. The number of aromatic nitrogens is 1. The third kappa shape index (κ3) is 4.09. The van der Waals surface area contributed by atoms with E-state index in [1.165, 1.54) is 6.07 Å². The maximum Gasteiger partial charge on any atom is 0.417 e. The molecule has 6 nitrogen and oxygen atoms in total. The van der Waals surface area contributed by atoms with Crippen molar-refractivity contribution in [1.29, 1.82) is 0 Å². The predicted molar refractivity (Wildman–Crippen MR) is 113 cm³/mol. The summed E-state index contributed by atoms with van der Waals surface area (Å²) in [4.78, 5) is 21.1. The predicted octanol–water partition coefficient (Wildman–Crippen LogP) is 2.67. The molecule has 4 unspecified atom stereocenters. The van der Waals surface area contributed by atoms with Gasteiger partial charge in [-0.1, -0.05) is 0 Å². The summed E-state index contributed by atoms with van der Waals surface area (Å²) in [5.74, 6) is 1.93. The number of hydrogen-bond acceptors (Lipinski definition) is 5. The van der Waals surface area contributed by atoms with Gasteiger partial charge in [0.2, 0.25) is 5.91 Å². The molecule has 6 rings (SSSR count). The second kappa shape index (κ2) is 7.87. The molecule has 176 valence electrons. The molecule has 0 radical (unpaired) electrons. The van der Waals surface area contributed by atoms with Crippen LogP contribution in [0.3, 0.4) is 0 Å². The molecule has 32 heavy (non-hydrogen) atoms. The smallest absolute Gasteiger partial charge is 0.390 e. The third-order valence-electron chi connectivity index (χ3n) is 8.19. The summed E-state index contributed by atoms with van der Waals surface area (Å²) in [6.45, 7) is 4.44. The zero-order valence-corrected chi connectivity index (χ0v) is 18.3. The first-order valence-electron chi connectivity index (χ1n) is 11.7. The quantitative estimate of drug-likeness (QED) is 0.735. The second-order valence-corrected chi connectivity index (χ2v) is 10.3. The Hall–Kier alpha value is -1.87. The summed E-state index contributed by atoms with van der Waals surface area (Å²) in [7, 11) is 0. The molecule has 0 aromatic carbocycles. The van der Waals surface area contributed by atoms with Gasteiger partial charge >= 0.3 is 6.18 Å². The van der Waals surface area contributed by atoms with E-state index in [-0.39, 0.29) is 18.0 Å². The molecule has 2 N–H and O–H groups in total. The highest BCUT2D eigenvalue weighted by Gasteiger charge is 2.55. The second-order valence-electron chi connectivity index (χ2n) is 10.3. The molecule has 1 aromatic rings. The van der Waals surface area contributed by atoms with Gasteiger partial charge in [0.15, 0.2) is 0 Å². The van der Waals surface area contributed by atoms with Gasteiger partial charge < -0.3 is 15.3 Å². The number of carbonyl (C=O) groups is 1. The van der Waals surface area contributed by atoms with E-state index < -0.39 is 17.3 Å². The van der Waals surface area contributed by atoms with Crippen molar-refractivity contribution in [2.24, 2.45) is 17.8 Å². The van der Waals surface area contributed by atoms with Crippen molar-refractivity contribution in [2.45, 2.75) is 62.9 Å². The summed E-state index contributed by atoms with van der Waals surface area (Å²) in [5.41, 5.74) is -1.26. The molecule has 9 heteroatoms. The maximum absolute atomic E-state index is 13.0. The fourth-order valence-corrected chi connectivity index (χ4v) is 6.75. The topological polar surface area (TPSA) is 68.7 Å². The maximum atomic E-state index is 13.0. The van der Waals surface area contributed by atoms with E-state index >= 15 is 0 Å². The number of alkyl halides is 3. The van der Waals surface area contributed by atoms with Gasteiger partial charge in [-0.3, -0.25) is 9.69 Å². The van der Waals surface area contributed by atoms with E-state index in [0.717, 1.165) is 44.4 Å². The number of halogens is 3. The zero-order valence-electron chi connectivity index (χ0n) is 18.3. The largest absolute Gasteiger partial charge is 0.417 e. The van der Waals surface area contributed by atoms with Crippen LogP contribution in [-0.2, 0) is 11.0 Å². The first-order valence-corrected chi connectivity index (χ1v) is 11.7. The molecule has 6 atom stereocenters. The minimum absolute atomic E-state index is 0.0376. The normalized spacial score (nSPS) is 35.7. The number of carbonyl (C=O) groups excluding carboxylic acids is 1. The molecule has 5 aliphatic rings. The molecule has 4 aliphatic carbocycles. The van der Waals surface area contributed by atoms with Crippen LogP contribution in [0.15, 0.2) is 18.3 Å². The molecule has 1 aromatic heterocycles. The number of aliphatic hydroxyl groups is 1. The van der Waals surface area contributed by atoms with Crippen molar-refractivity contribution in [1.82, 2.24) is 15.2 Å². The highest BCUT2D eigenvalue weighted by Crippen LogP contribution is 2.55. The Morgan fingerprint density at radius 3 is 2.34 bits per heavy atom. The van der Waals surface area contributed by atoms with E-state index in [1.807, 2.05) is 11.8 Å². The van der Waals surface area contributed by atoms with Crippen molar-refractivity contribution < 1.29 is 23.1 Å². The summed E-state index contributed by atoms with van der Waals surface area (Å²) in [6.07, 6.45) is 1.24. The van der Waals surface area contributed by atoms with E-state index in [4.69, 9.17) is 0 Å². The van der Waals surface area contributed by atoms with Gasteiger partial charge in [-0.05, 0) is 68.9 Å². The molecular formula is C23H31F3N4O2. The molecule has 0 spiro atoms. The van der Waals surface area contributed by atoms with Gasteiger partial charge in [0.25, 0.3) is 0 Å². The van der Waals surface area contributed by atoms with Crippen LogP contribution in [0, 0.1) is 17.8 Å². The van der Waals surface area contributed by atoms with Crippen molar-refractivity contribution >= 4 is 11.7 Å². The Bertz CT molecular complexity index is 838. The lowest BCUT2D eigenvalue weighted by Gasteiger charge is -2.58. The summed E-state index contributed by atoms with van der Waals surface area (Å²) >= 11 is 0. The van der Waals surface area contributed by atoms with Crippen LogP contribution in [0.5, 0.6) is 0 Å². The molecular weight excluding hydrogens is 421 g/mol. The molecule has 1 saturated heterocycles. The standard InChI is InChI=1S/C23H31F3N4O2/c1-14(21(31)28-20-16-8-15-9-17(20)12-22(32,10-15)11-16)29-4-6-30(7-5-29)19-3-2-18(13-27-19)23(24,25)26/h2-3,13-17,20,32H,4-12H2,1H3,(H,28,31)/t14?,15?,16-,17+,20?,22?. The minimum atomic E-state index is -4.39. The molecule has 4 saturated carbocycles. The van der Waals surface area contributed by atoms with Crippen LogP contribution >= 0.6 is 0 Å². The SMILES string of the molecule is CC(C(=O)NC1[C@@H]2CC3C[C@H]1CC(O)(C3)C2)N1CCN(c2ccc(C(F)(F)F)cn2)CC1. The Balaban J connectivity index is 1.14. The van der Waals surface area contributed by atoms with Gasteiger partial charge in [-0.25, -0.2) is 4.98 Å². The number of rotatable bonds is 4. The number of nitrogens with zero attached hydrogens (tertiary/aromatic N) is 3. The number of hydrogen-bond donors (Lipinski definition) is 2. The summed E-state index contributed by atoms with van der Waals surface area (Å²) < 4.78 is 38.2. The number of anilines is 1. The average molecular weight is 453 g/mol. The minimum Gasteiger partial charge on any atom is -0.390 e. The van der Waals surface area contributed by atoms with Crippen molar-refractivity contribution in [3.63, 3.8) is 0 Å². The van der Waals surface area contributed by atoms with Crippen molar-refractivity contribution in [2.75, 3.05) is 31.1 Å². The molecule has 1 amide bonds. The van der Waals surface area contributed by atoms with Gasteiger partial charge in [-0.2, -0.15) is 13.2 Å². The van der Waals surface area contributed by atoms with E-state index in [9.17, 15) is 23.1 Å². The number of nitrogens with one attached hydrogen (secondary N) is 1. The van der Waals surface area contributed by atoms with Crippen molar-refractivity contribution in [3.05, 3.63) is 23.9 Å². The first-order chi connectivity index (χ1) is 15.1. The van der Waals surface area contributed by atoms with Crippen LogP contribution in [-0.4, -0.2) is 64.8 Å². The summed E-state index contributed by atoms with van der Waals surface area (Å²) in [5, 5.41) is 14.1. The Morgan fingerprint density at radius 2 is 1.81 bits per heavy atom. The van der Waals surface area contributed by atoms with Gasteiger partial charge in [0.05, 0.1) is 17.2 Å². The van der Waals surface area contributed by atoms with E-state index in [0.29, 0.717) is 49.8 Å². The van der Waals surface area contributed by atoms with Crippen molar-refractivity contribution in [3.8, 4) is 0 Å². The fraction of sp³-hybridized carbons (Fsp3) is 0.739. The number of amides is 1. The molecule has 2 heterocycles. The third-order valence-corrected chi connectivity index (χ3v) is 8.19. The van der Waals surface area contributed by atoms with Gasteiger partial charge in [0, 0.05) is 38.4 Å². The Labute approximate surface area is 186 Å². The number of piperazine rings is 1. The highest BCUT2D eigenvalue weighted by molar-refractivity contribution is 5.81. The van der Waals surface area contributed by atoms with E-state index in [2.05, 4.69) is 15.2 Å². The van der Waals surface area contributed by atoms with Crippen LogP contribution in [0.1, 0.15) is 44.6 Å². The van der Waals surface area contributed by atoms with Gasteiger partial charge in [0.1, 0.15) is 5.82 Å². The van der Waals surface area contributed by atoms with Gasteiger partial charge in [-0.15, -0.1) is 0 Å². The monoisotopic (exact) mass is 452 g/mol. The zero-order chi connectivity index (χ0) is 22.7. The molecule has 1 aliphatic heterocycles. The first kappa shape index (κ1) is 21.9. The van der Waals surface area contributed by atoms with Crippen LogP contribution in [0.25, 0.3) is 0 Å². The lowest BCUT2D eigenvalue weighted by atomic mass is 9.52. The lowest BCUT2D eigenvalue weighted by Crippen LogP contribution is -2.63. The summed E-state index contributed by atoms with van der Waals surface area (Å²) in [6, 6.07) is 2.37. The number of pyridine rings is 1. The van der Waals surface area contributed by atoms with Crippen LogP contribution in [0.2, 0.25) is 0 Å². The highest BCUT2D eigenvalue weighted by atomic mass is 19.4. The van der Waals surface area contributed by atoms with E-state index in [1.54, 1.807) is 0 Å². The average Bonchev–Trinajstić information content (AvgIpc) is 2.74.